The Morgan fingerprint density at radius 1 is 1.14 bits per heavy atom. The molecule has 1 aliphatic heterocycles. The summed E-state index contributed by atoms with van der Waals surface area (Å²) in [5.74, 6) is 0.821. The molecule has 2 aromatic heterocycles. The number of carbonyl (C=O) groups excluding carboxylic acids is 1. The first-order valence-corrected chi connectivity index (χ1v) is 12.2. The monoisotopic (exact) mass is 489 g/mol. The molecule has 0 N–H and O–H groups in total. The third-order valence-electron chi connectivity index (χ3n) is 6.20. The lowest BCUT2D eigenvalue weighted by molar-refractivity contribution is 0.0482. The molecule has 1 atom stereocenters. The molecule has 1 aliphatic rings. The molecule has 1 fully saturated rings. The number of aromatic nitrogens is 2. The molecule has 5 rings (SSSR count). The van der Waals surface area contributed by atoms with Crippen LogP contribution >= 0.6 is 0 Å². The van der Waals surface area contributed by atoms with Crippen LogP contribution in [-0.4, -0.2) is 39.8 Å². The van der Waals surface area contributed by atoms with E-state index in [0.29, 0.717) is 36.9 Å². The summed E-state index contributed by atoms with van der Waals surface area (Å²) in [5, 5.41) is 4.81. The fraction of sp³-hybridized carbons (Fsp3) is 0.286. The van der Waals surface area contributed by atoms with Crippen molar-refractivity contribution in [1.82, 2.24) is 14.7 Å². The number of aryl methyl sites for hydroxylation is 1. The van der Waals surface area contributed by atoms with Gasteiger partial charge >= 0.3 is 0 Å². The van der Waals surface area contributed by atoms with Crippen molar-refractivity contribution in [3.63, 3.8) is 0 Å². The molecule has 0 saturated carbocycles. The van der Waals surface area contributed by atoms with Crippen molar-refractivity contribution in [2.75, 3.05) is 13.2 Å². The zero-order valence-electron chi connectivity index (χ0n) is 20.1. The summed E-state index contributed by atoms with van der Waals surface area (Å²) in [4.78, 5) is 15.2. The number of hydrogen-bond acceptors (Lipinski definition) is 5. The van der Waals surface area contributed by atoms with Gasteiger partial charge in [0.2, 0.25) is 5.88 Å². The standard InChI is InChI=1S/C28H28FN3O4/c1-2-25-24(19-31(18-23-10-6-16-34-23)27(33)26-11-7-17-35-26)28(36-22-8-4-3-5-9-22)32(30-25)21-14-12-20(29)13-15-21/h3-5,7-9,11-15,17,23H,2,6,10,16,18-19H2,1H3/t23-/m1/s1. The quantitative estimate of drug-likeness (QED) is 0.298. The lowest BCUT2D eigenvalue weighted by Gasteiger charge is -2.25. The van der Waals surface area contributed by atoms with Crippen LogP contribution in [0.3, 0.4) is 0 Å². The molecule has 0 bridgehead atoms. The van der Waals surface area contributed by atoms with Crippen molar-refractivity contribution in [2.24, 2.45) is 0 Å². The van der Waals surface area contributed by atoms with Crippen LogP contribution in [0.25, 0.3) is 5.69 Å². The minimum Gasteiger partial charge on any atom is -0.459 e. The van der Waals surface area contributed by atoms with Crippen LogP contribution < -0.4 is 4.74 Å². The van der Waals surface area contributed by atoms with Crippen molar-refractivity contribution in [3.8, 4) is 17.3 Å². The van der Waals surface area contributed by atoms with Gasteiger partial charge in [-0.15, -0.1) is 0 Å². The number of para-hydroxylation sites is 1. The van der Waals surface area contributed by atoms with E-state index in [1.807, 2.05) is 37.3 Å². The number of halogens is 1. The highest BCUT2D eigenvalue weighted by Crippen LogP contribution is 2.33. The van der Waals surface area contributed by atoms with Gasteiger partial charge in [0.15, 0.2) is 5.76 Å². The molecule has 3 heterocycles. The minimum absolute atomic E-state index is 0.0420. The van der Waals surface area contributed by atoms with E-state index in [1.54, 1.807) is 33.8 Å². The molecule has 1 amide bonds. The summed E-state index contributed by atoms with van der Waals surface area (Å²) in [6.07, 6.45) is 3.94. The van der Waals surface area contributed by atoms with E-state index in [-0.39, 0.29) is 30.1 Å². The average molecular weight is 490 g/mol. The van der Waals surface area contributed by atoms with Crippen molar-refractivity contribution >= 4 is 5.91 Å². The van der Waals surface area contributed by atoms with Gasteiger partial charge in [0.1, 0.15) is 11.6 Å². The molecule has 2 aromatic carbocycles. The number of furan rings is 1. The number of amides is 1. The number of hydrogen-bond donors (Lipinski definition) is 0. The fourth-order valence-corrected chi connectivity index (χ4v) is 4.38. The Kier molecular flexibility index (Phi) is 7.13. The third kappa shape index (κ3) is 5.18. The van der Waals surface area contributed by atoms with E-state index >= 15 is 0 Å². The van der Waals surface area contributed by atoms with Crippen molar-refractivity contribution < 1.29 is 23.1 Å². The van der Waals surface area contributed by atoms with Crippen LogP contribution in [0.15, 0.2) is 77.4 Å². The van der Waals surface area contributed by atoms with E-state index in [1.165, 1.54) is 18.4 Å². The minimum atomic E-state index is -0.334. The second kappa shape index (κ2) is 10.8. The molecular formula is C28H28FN3O4. The SMILES string of the molecule is CCc1nn(-c2ccc(F)cc2)c(Oc2ccccc2)c1CN(C[C@H]1CCCO1)C(=O)c1ccco1. The highest BCUT2D eigenvalue weighted by atomic mass is 19.1. The molecule has 8 heteroatoms. The van der Waals surface area contributed by atoms with Crippen LogP contribution in [-0.2, 0) is 17.7 Å². The Labute approximate surface area is 209 Å². The summed E-state index contributed by atoms with van der Waals surface area (Å²) in [7, 11) is 0. The predicted octanol–water partition coefficient (Wildman–Crippen LogP) is 5.78. The van der Waals surface area contributed by atoms with Gasteiger partial charge in [-0.3, -0.25) is 4.79 Å². The molecule has 7 nitrogen and oxygen atoms in total. The average Bonchev–Trinajstić information content (AvgIpc) is 3.67. The molecule has 0 spiro atoms. The molecule has 4 aromatic rings. The predicted molar refractivity (Wildman–Crippen MR) is 132 cm³/mol. The number of benzene rings is 2. The highest BCUT2D eigenvalue weighted by Gasteiger charge is 2.29. The summed E-state index contributed by atoms with van der Waals surface area (Å²) in [5.41, 5.74) is 2.23. The maximum Gasteiger partial charge on any atom is 0.289 e. The van der Waals surface area contributed by atoms with E-state index < -0.39 is 0 Å². The van der Waals surface area contributed by atoms with Crippen LogP contribution in [0.2, 0.25) is 0 Å². The van der Waals surface area contributed by atoms with Gasteiger partial charge in [-0.25, -0.2) is 9.07 Å². The number of carbonyl (C=O) groups is 1. The van der Waals surface area contributed by atoms with Gasteiger partial charge in [-0.2, -0.15) is 5.10 Å². The maximum atomic E-state index is 13.7. The van der Waals surface area contributed by atoms with Crippen LogP contribution in [0.4, 0.5) is 4.39 Å². The number of ether oxygens (including phenoxy) is 2. The van der Waals surface area contributed by atoms with Crippen molar-refractivity contribution in [3.05, 3.63) is 95.8 Å². The van der Waals surface area contributed by atoms with Crippen LogP contribution in [0.5, 0.6) is 11.6 Å². The number of rotatable bonds is 9. The summed E-state index contributed by atoms with van der Waals surface area (Å²) in [6, 6.07) is 18.8. The molecule has 0 radical (unpaired) electrons. The van der Waals surface area contributed by atoms with E-state index in [9.17, 15) is 9.18 Å². The summed E-state index contributed by atoms with van der Waals surface area (Å²) >= 11 is 0. The zero-order valence-corrected chi connectivity index (χ0v) is 20.1. The Balaban J connectivity index is 1.57. The first kappa shape index (κ1) is 23.8. The topological polar surface area (TPSA) is 69.7 Å². The summed E-state index contributed by atoms with van der Waals surface area (Å²) < 4.78 is 33.0. The normalized spacial score (nSPS) is 15.2. The van der Waals surface area contributed by atoms with Gasteiger partial charge in [-0.1, -0.05) is 25.1 Å². The lowest BCUT2D eigenvalue weighted by Crippen LogP contribution is -2.37. The second-order valence-corrected chi connectivity index (χ2v) is 8.69. The molecule has 186 valence electrons. The lowest BCUT2D eigenvalue weighted by atomic mass is 10.1. The molecule has 0 aliphatic carbocycles. The fourth-order valence-electron chi connectivity index (χ4n) is 4.38. The number of nitrogens with zero attached hydrogens (tertiary/aromatic N) is 3. The second-order valence-electron chi connectivity index (χ2n) is 8.69. The Hall–Kier alpha value is -3.91. The molecule has 1 saturated heterocycles. The molecular weight excluding hydrogens is 461 g/mol. The van der Waals surface area contributed by atoms with Gasteiger partial charge in [-0.05, 0) is 67.8 Å². The third-order valence-corrected chi connectivity index (χ3v) is 6.20. The van der Waals surface area contributed by atoms with Crippen molar-refractivity contribution in [2.45, 2.75) is 38.8 Å². The Morgan fingerprint density at radius 2 is 1.94 bits per heavy atom. The van der Waals surface area contributed by atoms with Gasteiger partial charge < -0.3 is 18.8 Å². The van der Waals surface area contributed by atoms with Crippen LogP contribution in [0, 0.1) is 5.82 Å². The first-order valence-electron chi connectivity index (χ1n) is 12.2. The van der Waals surface area contributed by atoms with Gasteiger partial charge in [0.25, 0.3) is 5.91 Å². The van der Waals surface area contributed by atoms with Crippen molar-refractivity contribution in [1.29, 1.82) is 0 Å². The van der Waals surface area contributed by atoms with Gasteiger partial charge in [0.05, 0.1) is 35.9 Å². The maximum absolute atomic E-state index is 13.7. The highest BCUT2D eigenvalue weighted by molar-refractivity contribution is 5.91. The van der Waals surface area contributed by atoms with Crippen LogP contribution in [0.1, 0.15) is 41.6 Å². The van der Waals surface area contributed by atoms with E-state index in [0.717, 1.165) is 24.1 Å². The first-order chi connectivity index (χ1) is 17.6. The summed E-state index contributed by atoms with van der Waals surface area (Å²) in [6.45, 7) is 3.38. The van der Waals surface area contributed by atoms with E-state index in [2.05, 4.69) is 0 Å². The van der Waals surface area contributed by atoms with E-state index in [4.69, 9.17) is 19.0 Å². The Bertz CT molecular complexity index is 1280. The Morgan fingerprint density at radius 3 is 2.61 bits per heavy atom. The van der Waals surface area contributed by atoms with Gasteiger partial charge in [0, 0.05) is 13.2 Å². The smallest absolute Gasteiger partial charge is 0.289 e. The zero-order chi connectivity index (χ0) is 24.9. The molecule has 36 heavy (non-hydrogen) atoms. The largest absolute Gasteiger partial charge is 0.459 e. The molecule has 0 unspecified atom stereocenters.